The zero-order chi connectivity index (χ0) is 25.0. The number of benzene rings is 2. The van der Waals surface area contributed by atoms with Crippen LogP contribution in [0.15, 0.2) is 78.9 Å². The highest BCUT2D eigenvalue weighted by Crippen LogP contribution is 2.30. The fraction of sp³-hybridized carbons (Fsp3) is 0.250. The molecule has 3 aromatic rings. The van der Waals surface area contributed by atoms with E-state index >= 15 is 0 Å². The molecule has 35 heavy (non-hydrogen) atoms. The number of carbonyl (C=O) groups is 2. The first-order valence-corrected chi connectivity index (χ1v) is 11.5. The summed E-state index contributed by atoms with van der Waals surface area (Å²) in [4.78, 5) is 31.1. The number of nitrogens with two attached hydrogens (primary N) is 1. The molecule has 1 aliphatic heterocycles. The van der Waals surface area contributed by atoms with Crippen molar-refractivity contribution in [3.8, 4) is 22.8 Å². The van der Waals surface area contributed by atoms with E-state index in [9.17, 15) is 9.59 Å². The molecule has 7 heteroatoms. The Kier molecular flexibility index (Phi) is 6.87. The molecule has 0 aliphatic carbocycles. The van der Waals surface area contributed by atoms with E-state index in [1.54, 1.807) is 17.0 Å². The zero-order valence-corrected chi connectivity index (χ0v) is 20.1. The summed E-state index contributed by atoms with van der Waals surface area (Å²) < 4.78 is 11.4. The van der Waals surface area contributed by atoms with Gasteiger partial charge < -0.3 is 20.1 Å². The molecule has 2 amide bonds. The molecule has 0 bridgehead atoms. The van der Waals surface area contributed by atoms with Crippen molar-refractivity contribution in [2.75, 3.05) is 13.1 Å². The molecule has 2 heterocycles. The van der Waals surface area contributed by atoms with Crippen molar-refractivity contribution in [1.82, 2.24) is 9.88 Å². The number of ether oxygens (including phenoxy) is 2. The van der Waals surface area contributed by atoms with Crippen LogP contribution < -0.4 is 10.5 Å². The minimum atomic E-state index is -0.571. The largest absolute Gasteiger partial charge is 0.457 e. The maximum absolute atomic E-state index is 12.6. The number of nitrogens with zero attached hydrogens (tertiary/aromatic N) is 2. The third kappa shape index (κ3) is 6.06. The van der Waals surface area contributed by atoms with Crippen molar-refractivity contribution in [2.45, 2.75) is 32.3 Å². The molecule has 0 saturated carbocycles. The highest BCUT2D eigenvalue weighted by molar-refractivity contribution is 5.98. The van der Waals surface area contributed by atoms with Gasteiger partial charge in [-0.05, 0) is 69.3 Å². The van der Waals surface area contributed by atoms with Gasteiger partial charge in [0.25, 0.3) is 5.91 Å². The first-order chi connectivity index (χ1) is 16.7. The smallest absolute Gasteiger partial charge is 0.410 e. The van der Waals surface area contributed by atoms with Crippen LogP contribution in [-0.2, 0) is 4.74 Å². The third-order valence-corrected chi connectivity index (χ3v) is 5.43. The second-order valence-electron chi connectivity index (χ2n) is 9.36. The summed E-state index contributed by atoms with van der Waals surface area (Å²) in [5.41, 5.74) is 7.37. The first kappa shape index (κ1) is 24.0. The molecular weight excluding hydrogens is 442 g/mol. The number of primary amides is 1. The molecule has 1 atom stereocenters. The number of rotatable bonds is 5. The monoisotopic (exact) mass is 471 g/mol. The topological polar surface area (TPSA) is 94.8 Å². The highest BCUT2D eigenvalue weighted by Gasteiger charge is 2.27. The van der Waals surface area contributed by atoms with Gasteiger partial charge >= 0.3 is 6.09 Å². The lowest BCUT2D eigenvalue weighted by atomic mass is 9.97. The highest BCUT2D eigenvalue weighted by atomic mass is 16.6. The van der Waals surface area contributed by atoms with Gasteiger partial charge in [0.1, 0.15) is 17.1 Å². The molecule has 0 fully saturated rings. The van der Waals surface area contributed by atoms with Gasteiger partial charge in [-0.15, -0.1) is 0 Å². The molecule has 2 aromatic carbocycles. The van der Waals surface area contributed by atoms with Crippen molar-refractivity contribution in [3.05, 3.63) is 90.1 Å². The van der Waals surface area contributed by atoms with Gasteiger partial charge in [0.15, 0.2) is 0 Å². The molecule has 7 nitrogen and oxygen atoms in total. The Hall–Kier alpha value is -4.13. The van der Waals surface area contributed by atoms with E-state index in [2.05, 4.69) is 0 Å². The van der Waals surface area contributed by atoms with Crippen molar-refractivity contribution in [3.63, 3.8) is 0 Å². The van der Waals surface area contributed by atoms with E-state index in [-0.39, 0.29) is 12.0 Å². The Balaban J connectivity index is 1.58. The predicted octanol–water partition coefficient (Wildman–Crippen LogP) is 5.53. The number of pyridine rings is 1. The van der Waals surface area contributed by atoms with Crippen molar-refractivity contribution < 1.29 is 19.1 Å². The van der Waals surface area contributed by atoms with Gasteiger partial charge in [-0.3, -0.25) is 9.78 Å². The van der Waals surface area contributed by atoms with Crippen molar-refractivity contribution in [2.24, 2.45) is 5.73 Å². The molecule has 0 saturated heterocycles. The molecule has 1 unspecified atom stereocenters. The van der Waals surface area contributed by atoms with Gasteiger partial charge in [0.2, 0.25) is 0 Å². The molecule has 0 spiro atoms. The van der Waals surface area contributed by atoms with Crippen LogP contribution in [0, 0.1) is 0 Å². The summed E-state index contributed by atoms with van der Waals surface area (Å²) >= 11 is 0. The van der Waals surface area contributed by atoms with Gasteiger partial charge in [0.05, 0.1) is 11.3 Å². The molecule has 2 N–H and O–H groups in total. The molecule has 180 valence electrons. The average molecular weight is 472 g/mol. The Bertz CT molecular complexity index is 1230. The van der Waals surface area contributed by atoms with Crippen LogP contribution in [0.2, 0.25) is 0 Å². The molecular formula is C28H29N3O4. The minimum Gasteiger partial charge on any atom is -0.457 e. The van der Waals surface area contributed by atoms with Crippen LogP contribution >= 0.6 is 0 Å². The normalized spacial score (nSPS) is 15.5. The van der Waals surface area contributed by atoms with Crippen LogP contribution in [0.1, 0.15) is 42.7 Å². The summed E-state index contributed by atoms with van der Waals surface area (Å²) in [7, 11) is 0. The zero-order valence-electron chi connectivity index (χ0n) is 20.1. The van der Waals surface area contributed by atoms with E-state index in [1.165, 1.54) is 0 Å². The maximum atomic E-state index is 12.6. The number of carbonyl (C=O) groups excluding carboxylic acids is 2. The quantitative estimate of drug-likeness (QED) is 0.494. The third-order valence-electron chi connectivity index (χ3n) is 5.43. The number of aromatic nitrogens is 1. The second-order valence-corrected chi connectivity index (χ2v) is 9.36. The lowest BCUT2D eigenvalue weighted by molar-refractivity contribution is 0.0259. The predicted molar refractivity (Wildman–Crippen MR) is 134 cm³/mol. The van der Waals surface area contributed by atoms with Crippen LogP contribution in [0.4, 0.5) is 4.79 Å². The van der Waals surface area contributed by atoms with Crippen LogP contribution in [0.3, 0.4) is 0 Å². The summed E-state index contributed by atoms with van der Waals surface area (Å²) in [5, 5.41) is 0. The van der Waals surface area contributed by atoms with Crippen LogP contribution in [0.25, 0.3) is 11.3 Å². The minimum absolute atomic E-state index is 0.141. The fourth-order valence-corrected chi connectivity index (χ4v) is 3.80. The van der Waals surface area contributed by atoms with Gasteiger partial charge in [-0.2, -0.15) is 0 Å². The van der Waals surface area contributed by atoms with Crippen LogP contribution in [0.5, 0.6) is 11.5 Å². The molecule has 1 aromatic heterocycles. The Labute approximate surface area is 205 Å². The number of para-hydroxylation sites is 1. The van der Waals surface area contributed by atoms with E-state index in [0.717, 1.165) is 17.0 Å². The SMILES string of the molecule is CC(C)(C)OC(=O)N1CC=CC(c2ccc(C(N)=O)c(-c3ccc(Oc4ccccc4)cc3)n2)C1. The summed E-state index contributed by atoms with van der Waals surface area (Å²) in [5.74, 6) is 0.702. The first-order valence-electron chi connectivity index (χ1n) is 11.5. The van der Waals surface area contributed by atoms with Gasteiger partial charge in [-0.25, -0.2) is 4.79 Å². The van der Waals surface area contributed by atoms with Gasteiger partial charge in [0, 0.05) is 30.3 Å². The van der Waals surface area contributed by atoms with Crippen molar-refractivity contribution in [1.29, 1.82) is 0 Å². The Morgan fingerprint density at radius 3 is 2.31 bits per heavy atom. The average Bonchev–Trinajstić information content (AvgIpc) is 2.84. The lowest BCUT2D eigenvalue weighted by Gasteiger charge is -2.31. The summed E-state index contributed by atoms with van der Waals surface area (Å²) in [6.45, 7) is 6.43. The number of hydrogen-bond donors (Lipinski definition) is 1. The van der Waals surface area contributed by atoms with Gasteiger partial charge in [-0.1, -0.05) is 30.4 Å². The fourth-order valence-electron chi connectivity index (χ4n) is 3.80. The van der Waals surface area contributed by atoms with E-state index in [0.29, 0.717) is 30.1 Å². The summed E-state index contributed by atoms with van der Waals surface area (Å²) in [6, 6.07) is 20.3. The lowest BCUT2D eigenvalue weighted by Crippen LogP contribution is -2.40. The molecule has 4 rings (SSSR count). The Morgan fingerprint density at radius 1 is 0.971 bits per heavy atom. The maximum Gasteiger partial charge on any atom is 0.410 e. The number of amides is 2. The number of hydrogen-bond acceptors (Lipinski definition) is 5. The van der Waals surface area contributed by atoms with E-state index in [1.807, 2.05) is 87.5 Å². The van der Waals surface area contributed by atoms with E-state index in [4.69, 9.17) is 20.2 Å². The standard InChI is InChI=1S/C28H29N3O4/c1-28(2,3)35-27(33)31-17-7-8-20(18-31)24-16-15-23(26(29)32)25(30-24)19-11-13-22(14-12-19)34-21-9-5-4-6-10-21/h4-16,20H,17-18H2,1-3H3,(H2,29,32). The van der Waals surface area contributed by atoms with Crippen LogP contribution in [-0.4, -0.2) is 40.6 Å². The molecule has 0 radical (unpaired) electrons. The Morgan fingerprint density at radius 2 is 1.66 bits per heavy atom. The van der Waals surface area contributed by atoms with Crippen molar-refractivity contribution >= 4 is 12.0 Å². The molecule has 1 aliphatic rings. The second kappa shape index (κ2) is 10.0. The van der Waals surface area contributed by atoms with E-state index < -0.39 is 11.5 Å². The summed E-state index contributed by atoms with van der Waals surface area (Å²) in [6.07, 6.45) is 3.58.